The van der Waals surface area contributed by atoms with E-state index in [-0.39, 0.29) is 21.3 Å². The molecule has 1 aromatic heterocycles. The van der Waals surface area contributed by atoms with Gasteiger partial charge < -0.3 is 9.72 Å². The summed E-state index contributed by atoms with van der Waals surface area (Å²) in [6, 6.07) is 3.03. The van der Waals surface area contributed by atoms with Crippen LogP contribution in [0.2, 0.25) is 0 Å². The van der Waals surface area contributed by atoms with Gasteiger partial charge >= 0.3 is 12.1 Å². The van der Waals surface area contributed by atoms with E-state index in [1.165, 1.54) is 17.8 Å². The molecule has 2 aromatic rings. The molecule has 0 amide bonds. The molecule has 0 saturated heterocycles. The Morgan fingerprint density at radius 2 is 2.10 bits per heavy atom. The van der Waals surface area contributed by atoms with E-state index in [1.54, 1.807) is 6.07 Å². The zero-order valence-electron chi connectivity index (χ0n) is 15.1. The number of ether oxygens (including phenoxy) is 1. The second kappa shape index (κ2) is 6.84. The molecule has 10 heteroatoms. The van der Waals surface area contributed by atoms with E-state index in [1.807, 2.05) is 12.3 Å². The lowest BCUT2D eigenvalue weighted by Crippen LogP contribution is -2.28. The van der Waals surface area contributed by atoms with Gasteiger partial charge in [0, 0.05) is 34.0 Å². The lowest BCUT2D eigenvalue weighted by atomic mass is 9.87. The first kappa shape index (κ1) is 19.6. The summed E-state index contributed by atoms with van der Waals surface area (Å²) in [7, 11) is 0. The number of carbonyl (C=O) groups is 2. The van der Waals surface area contributed by atoms with Gasteiger partial charge in [0.05, 0.1) is 15.9 Å². The number of halogens is 4. The number of carbonyl (C=O) groups excluding carboxylic acids is 2. The number of esters is 1. The first-order chi connectivity index (χ1) is 14.2. The zero-order chi connectivity index (χ0) is 21.2. The second-order valence-electron chi connectivity index (χ2n) is 7.10. The third-order valence-corrected chi connectivity index (χ3v) is 7.19. The number of Topliss-reactive ketones (excluding diaryl/α,β-unsaturated/α-hetero) is 1. The molecule has 2 aliphatic heterocycles. The second-order valence-corrected chi connectivity index (χ2v) is 9.20. The van der Waals surface area contributed by atoms with Crippen molar-refractivity contribution in [2.75, 3.05) is 6.54 Å². The molecule has 1 aromatic carbocycles. The number of allylic oxidation sites excluding steroid dienone is 1. The number of alkyl halides is 3. The van der Waals surface area contributed by atoms with Crippen molar-refractivity contribution < 1.29 is 27.5 Å². The van der Waals surface area contributed by atoms with Gasteiger partial charge in [-0.05, 0) is 58.1 Å². The van der Waals surface area contributed by atoms with Crippen LogP contribution in [0.4, 0.5) is 13.2 Å². The molecular weight excluding hydrogens is 485 g/mol. The third-order valence-electron chi connectivity index (χ3n) is 5.23. The molecule has 3 heterocycles. The van der Waals surface area contributed by atoms with E-state index in [0.717, 1.165) is 28.8 Å². The number of fused-ring (bicyclic) bond motifs is 1. The number of nitrogens with one attached hydrogen (secondary N) is 1. The number of H-pyrrole nitrogens is 1. The van der Waals surface area contributed by atoms with E-state index in [2.05, 4.69) is 30.6 Å². The smallest absolute Gasteiger partial charge is 0.419 e. The molecule has 0 bridgehead atoms. The van der Waals surface area contributed by atoms with Gasteiger partial charge in [0.15, 0.2) is 0 Å². The summed E-state index contributed by atoms with van der Waals surface area (Å²) in [6.07, 6.45) is -0.0865. The SMILES string of the molecule is O=C1C(C2Cc3cc(Br)c(OC(=O)C(F)(F)F)cc3S2)=CC2=NCCc3c[nH]c1c32. The molecule has 1 unspecified atom stereocenters. The van der Waals surface area contributed by atoms with E-state index < -0.39 is 12.1 Å². The number of nitrogens with zero attached hydrogens (tertiary/aromatic N) is 1. The highest BCUT2D eigenvalue weighted by atomic mass is 79.9. The summed E-state index contributed by atoms with van der Waals surface area (Å²) in [5.41, 5.74) is 4.75. The number of hydrogen-bond donors (Lipinski definition) is 1. The number of ketones is 1. The quantitative estimate of drug-likeness (QED) is 0.493. The minimum atomic E-state index is -5.08. The van der Waals surface area contributed by atoms with Crippen LogP contribution in [-0.4, -0.2) is 40.4 Å². The van der Waals surface area contributed by atoms with Crippen LogP contribution in [0.5, 0.6) is 5.75 Å². The molecule has 1 atom stereocenters. The van der Waals surface area contributed by atoms with Crippen molar-refractivity contribution in [2.45, 2.75) is 29.2 Å². The molecule has 1 aliphatic carbocycles. The van der Waals surface area contributed by atoms with Crippen molar-refractivity contribution in [1.29, 1.82) is 0 Å². The Balaban J connectivity index is 1.44. The fourth-order valence-electron chi connectivity index (χ4n) is 3.87. The van der Waals surface area contributed by atoms with Crippen molar-refractivity contribution in [3.8, 4) is 5.75 Å². The number of rotatable bonds is 2. The molecule has 30 heavy (non-hydrogen) atoms. The predicted octanol–water partition coefficient (Wildman–Crippen LogP) is 4.43. The van der Waals surface area contributed by atoms with Crippen LogP contribution in [0.1, 0.15) is 27.2 Å². The van der Waals surface area contributed by atoms with Crippen LogP contribution in [0.25, 0.3) is 0 Å². The van der Waals surface area contributed by atoms with Crippen molar-refractivity contribution in [3.05, 3.63) is 56.8 Å². The summed E-state index contributed by atoms with van der Waals surface area (Å²) in [5.74, 6) is -2.58. The first-order valence-electron chi connectivity index (χ1n) is 9.02. The Hall–Kier alpha value is -2.33. The van der Waals surface area contributed by atoms with Crippen molar-refractivity contribution >= 4 is 45.2 Å². The maximum Gasteiger partial charge on any atom is 0.491 e. The van der Waals surface area contributed by atoms with Gasteiger partial charge in [0.25, 0.3) is 0 Å². The van der Waals surface area contributed by atoms with Crippen molar-refractivity contribution in [3.63, 3.8) is 0 Å². The number of aromatic nitrogens is 1. The molecule has 154 valence electrons. The van der Waals surface area contributed by atoms with E-state index in [4.69, 9.17) is 0 Å². The number of thioether (sulfide) groups is 1. The average Bonchev–Trinajstić information content (AvgIpc) is 3.29. The topological polar surface area (TPSA) is 71.5 Å². The Morgan fingerprint density at radius 3 is 2.87 bits per heavy atom. The summed E-state index contributed by atoms with van der Waals surface area (Å²) >= 11 is 4.53. The van der Waals surface area contributed by atoms with Gasteiger partial charge in [-0.1, -0.05) is 0 Å². The van der Waals surface area contributed by atoms with Crippen LogP contribution in [0, 0.1) is 0 Å². The van der Waals surface area contributed by atoms with E-state index >= 15 is 0 Å². The predicted molar refractivity (Wildman–Crippen MR) is 107 cm³/mol. The van der Waals surface area contributed by atoms with Gasteiger partial charge in [0.1, 0.15) is 5.75 Å². The fraction of sp³-hybridized carbons (Fsp3) is 0.250. The number of aromatic amines is 1. The highest BCUT2D eigenvalue weighted by molar-refractivity contribution is 9.10. The van der Waals surface area contributed by atoms with Gasteiger partial charge in [0.2, 0.25) is 5.78 Å². The molecular formula is C20H12BrF3N2O3S. The molecule has 0 spiro atoms. The molecule has 0 saturated carbocycles. The van der Waals surface area contributed by atoms with Crippen molar-refractivity contribution in [1.82, 2.24) is 4.98 Å². The Kier molecular flexibility index (Phi) is 4.48. The minimum Gasteiger partial charge on any atom is -0.419 e. The van der Waals surface area contributed by atoms with Crippen molar-refractivity contribution in [2.24, 2.45) is 4.99 Å². The molecule has 0 fully saturated rings. The van der Waals surface area contributed by atoms with Gasteiger partial charge in [-0.25, -0.2) is 4.79 Å². The van der Waals surface area contributed by atoms with E-state index in [0.29, 0.717) is 29.1 Å². The van der Waals surface area contributed by atoms with Crippen LogP contribution in [-0.2, 0) is 17.6 Å². The lowest BCUT2D eigenvalue weighted by molar-refractivity contribution is -0.189. The zero-order valence-corrected chi connectivity index (χ0v) is 17.5. The van der Waals surface area contributed by atoms with Gasteiger partial charge in [-0.3, -0.25) is 9.79 Å². The highest BCUT2D eigenvalue weighted by Gasteiger charge is 2.42. The van der Waals surface area contributed by atoms with Crippen LogP contribution in [0.3, 0.4) is 0 Å². The number of aliphatic imine (C=N–C) groups is 1. The Morgan fingerprint density at radius 1 is 1.30 bits per heavy atom. The average molecular weight is 497 g/mol. The Bertz CT molecular complexity index is 1180. The standard InChI is InChI=1S/C20H12BrF3N2O3S/c21-11-3-9-4-15(30-14(9)6-13(11)29-19(28)20(22,23)24)10-5-12-16-8(1-2-25-12)7-26-17(16)18(10)27/h3,5-7,15,26H,1-2,4H2. The largest absolute Gasteiger partial charge is 0.491 e. The Labute approximate surface area is 180 Å². The number of benzene rings is 1. The molecule has 5 nitrogen and oxygen atoms in total. The highest BCUT2D eigenvalue weighted by Crippen LogP contribution is 2.46. The fourth-order valence-corrected chi connectivity index (χ4v) is 5.68. The maximum absolute atomic E-state index is 13.1. The van der Waals surface area contributed by atoms with Crippen LogP contribution in [0.15, 0.2) is 44.3 Å². The monoisotopic (exact) mass is 496 g/mol. The molecule has 1 N–H and O–H groups in total. The maximum atomic E-state index is 13.1. The lowest BCUT2D eigenvalue weighted by Gasteiger charge is -2.21. The van der Waals surface area contributed by atoms with Crippen LogP contribution >= 0.6 is 27.7 Å². The van der Waals surface area contributed by atoms with E-state index in [9.17, 15) is 22.8 Å². The van der Waals surface area contributed by atoms with Gasteiger partial charge in [-0.15, -0.1) is 11.8 Å². The molecule has 0 radical (unpaired) electrons. The van der Waals surface area contributed by atoms with Gasteiger partial charge in [-0.2, -0.15) is 13.2 Å². The normalized spacial score (nSPS) is 19.7. The van der Waals surface area contributed by atoms with Crippen LogP contribution < -0.4 is 4.74 Å². The summed E-state index contributed by atoms with van der Waals surface area (Å²) in [6.45, 7) is 0.663. The number of hydrogen-bond acceptors (Lipinski definition) is 5. The summed E-state index contributed by atoms with van der Waals surface area (Å²) < 4.78 is 42.3. The third kappa shape index (κ3) is 3.13. The first-order valence-corrected chi connectivity index (χ1v) is 10.7. The molecule has 3 aliphatic rings. The minimum absolute atomic E-state index is 0.0924. The summed E-state index contributed by atoms with van der Waals surface area (Å²) in [4.78, 5) is 32.6. The molecule has 5 rings (SSSR count). The summed E-state index contributed by atoms with van der Waals surface area (Å²) in [5, 5.41) is -0.211.